The van der Waals surface area contributed by atoms with Crippen LogP contribution in [0, 0.1) is 0 Å². The Labute approximate surface area is 130 Å². The summed E-state index contributed by atoms with van der Waals surface area (Å²) in [5.41, 5.74) is 0.802. The highest BCUT2D eigenvalue weighted by Gasteiger charge is 2.20. The second-order valence-electron chi connectivity index (χ2n) is 4.70. The number of nitrogens with one attached hydrogen (secondary N) is 2. The predicted molar refractivity (Wildman–Crippen MR) is 84.4 cm³/mol. The van der Waals surface area contributed by atoms with E-state index in [2.05, 4.69) is 54.3 Å². The molecule has 0 aromatic heterocycles. The zero-order valence-electron chi connectivity index (χ0n) is 10.7. The molecular weight excluding hydrogens is 374 g/mol. The van der Waals surface area contributed by atoms with Crippen LogP contribution in [0.3, 0.4) is 0 Å². The fraction of sp³-hybridized carbons (Fsp3) is 0.462. The SMILES string of the molecule is CC1CNCCN1CC(=O)Nc1ccc(Br)cc1Br. The smallest absolute Gasteiger partial charge is 0.238 e. The molecule has 0 aliphatic carbocycles. The highest BCUT2D eigenvalue weighted by molar-refractivity contribution is 9.11. The maximum Gasteiger partial charge on any atom is 0.238 e. The van der Waals surface area contributed by atoms with E-state index < -0.39 is 0 Å². The highest BCUT2D eigenvalue weighted by atomic mass is 79.9. The first kappa shape index (κ1) is 15.0. The summed E-state index contributed by atoms with van der Waals surface area (Å²) in [4.78, 5) is 14.3. The number of nitrogens with zero attached hydrogens (tertiary/aromatic N) is 1. The van der Waals surface area contributed by atoms with Gasteiger partial charge < -0.3 is 10.6 Å². The van der Waals surface area contributed by atoms with Crippen LogP contribution in [-0.4, -0.2) is 43.0 Å². The number of rotatable bonds is 3. The molecule has 104 valence electrons. The fourth-order valence-electron chi connectivity index (χ4n) is 2.08. The number of carbonyl (C=O) groups excluding carboxylic acids is 1. The summed E-state index contributed by atoms with van der Waals surface area (Å²) in [6, 6.07) is 6.11. The van der Waals surface area contributed by atoms with Crippen molar-refractivity contribution in [3.8, 4) is 0 Å². The Morgan fingerprint density at radius 1 is 1.53 bits per heavy atom. The Bertz CT molecular complexity index is 467. The number of anilines is 1. The molecule has 19 heavy (non-hydrogen) atoms. The van der Waals surface area contributed by atoms with Crippen molar-refractivity contribution in [2.75, 3.05) is 31.5 Å². The maximum atomic E-state index is 12.1. The molecule has 6 heteroatoms. The van der Waals surface area contributed by atoms with Crippen molar-refractivity contribution >= 4 is 43.5 Å². The second kappa shape index (κ2) is 6.83. The van der Waals surface area contributed by atoms with E-state index in [4.69, 9.17) is 0 Å². The van der Waals surface area contributed by atoms with Gasteiger partial charge in [-0.15, -0.1) is 0 Å². The maximum absolute atomic E-state index is 12.1. The number of halogens is 2. The van der Waals surface area contributed by atoms with Crippen LogP contribution < -0.4 is 10.6 Å². The molecule has 1 amide bonds. The number of hydrogen-bond acceptors (Lipinski definition) is 3. The van der Waals surface area contributed by atoms with Crippen molar-refractivity contribution in [2.24, 2.45) is 0 Å². The first-order valence-corrected chi connectivity index (χ1v) is 7.84. The van der Waals surface area contributed by atoms with Gasteiger partial charge in [-0.05, 0) is 41.1 Å². The van der Waals surface area contributed by atoms with Gasteiger partial charge in [-0.3, -0.25) is 9.69 Å². The lowest BCUT2D eigenvalue weighted by Gasteiger charge is -2.33. The quantitative estimate of drug-likeness (QED) is 0.833. The molecule has 1 heterocycles. The van der Waals surface area contributed by atoms with Crippen molar-refractivity contribution < 1.29 is 4.79 Å². The van der Waals surface area contributed by atoms with E-state index in [1.165, 1.54) is 0 Å². The number of benzene rings is 1. The van der Waals surface area contributed by atoms with Gasteiger partial charge in [-0.2, -0.15) is 0 Å². The normalized spacial score (nSPS) is 20.3. The molecule has 4 nitrogen and oxygen atoms in total. The third-order valence-corrected chi connectivity index (χ3v) is 4.34. The van der Waals surface area contributed by atoms with Crippen LogP contribution in [0.5, 0.6) is 0 Å². The molecule has 2 N–H and O–H groups in total. The van der Waals surface area contributed by atoms with Crippen LogP contribution in [-0.2, 0) is 4.79 Å². The van der Waals surface area contributed by atoms with Gasteiger partial charge in [0.1, 0.15) is 0 Å². The lowest BCUT2D eigenvalue weighted by atomic mass is 10.2. The van der Waals surface area contributed by atoms with Crippen molar-refractivity contribution in [2.45, 2.75) is 13.0 Å². The second-order valence-corrected chi connectivity index (χ2v) is 6.47. The number of hydrogen-bond donors (Lipinski definition) is 2. The largest absolute Gasteiger partial charge is 0.324 e. The standard InChI is InChI=1S/C13H17Br2N3O/c1-9-7-16-4-5-18(9)8-13(19)17-12-3-2-10(14)6-11(12)15/h2-3,6,9,16H,4-5,7-8H2,1H3,(H,17,19). The summed E-state index contributed by atoms with van der Waals surface area (Å²) < 4.78 is 1.86. The summed E-state index contributed by atoms with van der Waals surface area (Å²) >= 11 is 6.84. The Morgan fingerprint density at radius 3 is 3.00 bits per heavy atom. The van der Waals surface area contributed by atoms with E-state index in [1.54, 1.807) is 0 Å². The molecule has 1 aliphatic heterocycles. The van der Waals surface area contributed by atoms with Gasteiger partial charge >= 0.3 is 0 Å². The Morgan fingerprint density at radius 2 is 2.32 bits per heavy atom. The molecule has 0 bridgehead atoms. The van der Waals surface area contributed by atoms with Gasteiger partial charge in [-0.25, -0.2) is 0 Å². The van der Waals surface area contributed by atoms with Crippen LogP contribution in [0.25, 0.3) is 0 Å². The number of piperazine rings is 1. The summed E-state index contributed by atoms with van der Waals surface area (Å²) in [6.07, 6.45) is 0. The van der Waals surface area contributed by atoms with Gasteiger partial charge in [0.05, 0.1) is 12.2 Å². The number of amides is 1. The fourth-order valence-corrected chi connectivity index (χ4v) is 3.23. The minimum atomic E-state index is 0.0248. The molecule has 0 saturated carbocycles. The molecule has 1 unspecified atom stereocenters. The lowest BCUT2D eigenvalue weighted by Crippen LogP contribution is -2.52. The molecule has 1 aliphatic rings. The lowest BCUT2D eigenvalue weighted by molar-refractivity contribution is -0.118. The van der Waals surface area contributed by atoms with Crippen LogP contribution in [0.1, 0.15) is 6.92 Å². The summed E-state index contributed by atoms with van der Waals surface area (Å²) in [6.45, 7) is 5.37. The van der Waals surface area contributed by atoms with Crippen LogP contribution in [0.15, 0.2) is 27.1 Å². The summed E-state index contributed by atoms with van der Waals surface area (Å²) in [5.74, 6) is 0.0248. The minimum absolute atomic E-state index is 0.0248. The Balaban J connectivity index is 1.93. The molecule has 1 aromatic rings. The van der Waals surface area contributed by atoms with Crippen molar-refractivity contribution in [3.63, 3.8) is 0 Å². The van der Waals surface area contributed by atoms with Crippen molar-refractivity contribution in [1.29, 1.82) is 0 Å². The summed E-state index contributed by atoms with van der Waals surface area (Å²) in [7, 11) is 0. The molecule has 1 aromatic carbocycles. The van der Waals surface area contributed by atoms with E-state index in [9.17, 15) is 4.79 Å². The van der Waals surface area contributed by atoms with E-state index in [1.807, 2.05) is 18.2 Å². The Kier molecular flexibility index (Phi) is 5.38. The topological polar surface area (TPSA) is 44.4 Å². The predicted octanol–water partition coefficient (Wildman–Crippen LogP) is 2.44. The van der Waals surface area contributed by atoms with Gasteiger partial charge in [0.2, 0.25) is 5.91 Å². The van der Waals surface area contributed by atoms with Gasteiger partial charge in [0.15, 0.2) is 0 Å². The zero-order valence-corrected chi connectivity index (χ0v) is 13.9. The average Bonchev–Trinajstić information content (AvgIpc) is 2.36. The van der Waals surface area contributed by atoms with Gasteiger partial charge in [0, 0.05) is 34.6 Å². The van der Waals surface area contributed by atoms with Gasteiger partial charge in [0.25, 0.3) is 0 Å². The molecule has 0 radical (unpaired) electrons. The molecule has 0 spiro atoms. The summed E-state index contributed by atoms with van der Waals surface area (Å²) in [5, 5.41) is 6.25. The van der Waals surface area contributed by atoms with E-state index >= 15 is 0 Å². The van der Waals surface area contributed by atoms with Crippen LogP contribution >= 0.6 is 31.9 Å². The molecule has 1 saturated heterocycles. The van der Waals surface area contributed by atoms with Crippen LogP contribution in [0.2, 0.25) is 0 Å². The van der Waals surface area contributed by atoms with E-state index in [0.29, 0.717) is 12.6 Å². The molecular formula is C13H17Br2N3O. The third-order valence-electron chi connectivity index (χ3n) is 3.19. The van der Waals surface area contributed by atoms with Crippen LogP contribution in [0.4, 0.5) is 5.69 Å². The van der Waals surface area contributed by atoms with E-state index in [0.717, 1.165) is 34.3 Å². The van der Waals surface area contributed by atoms with Crippen molar-refractivity contribution in [3.05, 3.63) is 27.1 Å². The zero-order chi connectivity index (χ0) is 13.8. The molecule has 1 fully saturated rings. The first-order chi connectivity index (χ1) is 9.06. The number of carbonyl (C=O) groups is 1. The van der Waals surface area contributed by atoms with Crippen molar-refractivity contribution in [1.82, 2.24) is 10.2 Å². The third kappa shape index (κ3) is 4.27. The monoisotopic (exact) mass is 389 g/mol. The first-order valence-electron chi connectivity index (χ1n) is 6.26. The van der Waals surface area contributed by atoms with Gasteiger partial charge in [-0.1, -0.05) is 15.9 Å². The molecule has 1 atom stereocenters. The molecule has 2 rings (SSSR count). The Hall–Kier alpha value is -0.430. The highest BCUT2D eigenvalue weighted by Crippen LogP contribution is 2.26. The average molecular weight is 391 g/mol. The minimum Gasteiger partial charge on any atom is -0.324 e. The van der Waals surface area contributed by atoms with E-state index in [-0.39, 0.29) is 5.91 Å².